The highest BCUT2D eigenvalue weighted by molar-refractivity contribution is 5.98. The quantitative estimate of drug-likeness (QED) is 0.197. The third kappa shape index (κ3) is 4.66. The summed E-state index contributed by atoms with van der Waals surface area (Å²) in [7, 11) is 0. The predicted octanol–water partition coefficient (Wildman–Crippen LogP) is 10.8. The summed E-state index contributed by atoms with van der Waals surface area (Å²) in [5.74, 6) is 0. The molecule has 220 valence electrons. The van der Waals surface area contributed by atoms with Crippen molar-refractivity contribution in [2.45, 2.75) is 0 Å². The van der Waals surface area contributed by atoms with Crippen LogP contribution < -0.4 is 0 Å². The van der Waals surface area contributed by atoms with E-state index in [1.54, 1.807) is 0 Å². The Kier molecular flexibility index (Phi) is 6.43. The molecule has 0 fully saturated rings. The summed E-state index contributed by atoms with van der Waals surface area (Å²) in [6.07, 6.45) is 0. The van der Waals surface area contributed by atoms with Crippen LogP contribution in [0.2, 0.25) is 0 Å². The van der Waals surface area contributed by atoms with Crippen LogP contribution in [0.15, 0.2) is 170 Å². The lowest BCUT2D eigenvalue weighted by Crippen LogP contribution is -2.00. The Labute approximate surface area is 272 Å². The van der Waals surface area contributed by atoms with Crippen molar-refractivity contribution in [2.24, 2.45) is 0 Å². The second-order valence-electron chi connectivity index (χ2n) is 11.7. The maximum atomic E-state index is 5.41. The van der Waals surface area contributed by atoms with E-state index >= 15 is 0 Å². The molecule has 0 radical (unpaired) electrons. The zero-order chi connectivity index (χ0) is 31.2. The van der Waals surface area contributed by atoms with Crippen LogP contribution in [-0.4, -0.2) is 19.4 Å². The molecule has 0 aliphatic carbocycles. The second-order valence-corrected chi connectivity index (χ2v) is 11.7. The minimum absolute atomic E-state index is 0.844. The first-order chi connectivity index (χ1) is 23.3. The van der Waals surface area contributed by atoms with Gasteiger partial charge >= 0.3 is 0 Å². The predicted molar refractivity (Wildman–Crippen MR) is 193 cm³/mol. The lowest BCUT2D eigenvalue weighted by atomic mass is 9.97. The highest BCUT2D eigenvalue weighted by Gasteiger charge is 2.20. The van der Waals surface area contributed by atoms with Crippen LogP contribution in [0.5, 0.6) is 0 Å². The molecule has 0 aliphatic heterocycles. The number of para-hydroxylation sites is 3. The number of nitrogens with zero attached hydrogens (tertiary/aromatic N) is 4. The van der Waals surface area contributed by atoms with Gasteiger partial charge in [0, 0.05) is 27.8 Å². The first-order valence-corrected chi connectivity index (χ1v) is 15.8. The average Bonchev–Trinajstić information content (AvgIpc) is 3.55. The molecule has 3 aromatic heterocycles. The second kappa shape index (κ2) is 11.2. The highest BCUT2D eigenvalue weighted by Crippen LogP contribution is 2.38. The summed E-state index contributed by atoms with van der Waals surface area (Å²) < 4.78 is 2.28. The van der Waals surface area contributed by atoms with E-state index in [9.17, 15) is 0 Å². The Morgan fingerprint density at radius 3 is 1.32 bits per heavy atom. The van der Waals surface area contributed by atoms with Gasteiger partial charge in [0.15, 0.2) is 0 Å². The van der Waals surface area contributed by atoms with Gasteiger partial charge in [-0.15, -0.1) is 0 Å². The van der Waals surface area contributed by atoms with Gasteiger partial charge in [-0.25, -0.2) is 15.0 Å². The zero-order valence-electron chi connectivity index (χ0n) is 25.5. The molecule has 3 heterocycles. The summed E-state index contributed by atoms with van der Waals surface area (Å²) in [5.41, 5.74) is 13.9. The van der Waals surface area contributed by atoms with Gasteiger partial charge in [-0.05, 0) is 35.2 Å². The molecule has 0 aliphatic rings. The fraction of sp³-hybridized carbons (Fsp3) is 0. The third-order valence-electron chi connectivity index (χ3n) is 8.79. The van der Waals surface area contributed by atoms with Crippen LogP contribution in [0.3, 0.4) is 0 Å². The Balaban J connectivity index is 1.25. The fourth-order valence-corrected chi connectivity index (χ4v) is 6.53. The van der Waals surface area contributed by atoms with E-state index in [4.69, 9.17) is 15.0 Å². The van der Waals surface area contributed by atoms with Crippen molar-refractivity contribution in [1.82, 2.24) is 19.4 Å². The molecule has 0 unspecified atom stereocenters. The van der Waals surface area contributed by atoms with Crippen LogP contribution in [0.25, 0.3) is 83.7 Å². The number of hydrogen-bond acceptors (Lipinski definition) is 3. The molecule has 0 N–H and O–H groups in total. The lowest BCUT2D eigenvalue weighted by molar-refractivity contribution is 1.21. The van der Waals surface area contributed by atoms with Crippen LogP contribution in [0.1, 0.15) is 0 Å². The number of hydrogen-bond donors (Lipinski definition) is 0. The molecular formula is C43H28N4. The molecule has 4 heteroatoms. The standard InChI is InChI=1S/C43H28N4/c1-4-14-30(15-5-1)39-40(31-16-6-2-7-17-31)46-42(41(45-39)32-18-8-3-9-19-32)33-26-24-29(25-27-33)35-28-34-20-10-12-22-37(34)47-38-23-13-11-21-36(38)44-43(35)47/h1-28H. The largest absolute Gasteiger partial charge is 0.292 e. The maximum Gasteiger partial charge on any atom is 0.146 e. The molecule has 9 aromatic rings. The van der Waals surface area contributed by atoms with Crippen molar-refractivity contribution >= 4 is 27.6 Å². The van der Waals surface area contributed by atoms with E-state index in [1.807, 2.05) is 36.4 Å². The summed E-state index contributed by atoms with van der Waals surface area (Å²) in [6, 6.07) is 58.8. The third-order valence-corrected chi connectivity index (χ3v) is 8.79. The first kappa shape index (κ1) is 27.0. The van der Waals surface area contributed by atoms with Gasteiger partial charge in [0.2, 0.25) is 0 Å². The van der Waals surface area contributed by atoms with E-state index in [-0.39, 0.29) is 0 Å². The molecule has 0 saturated heterocycles. The molecule has 0 bridgehead atoms. The number of pyridine rings is 1. The summed E-state index contributed by atoms with van der Waals surface area (Å²) in [6.45, 7) is 0. The van der Waals surface area contributed by atoms with E-state index < -0.39 is 0 Å². The lowest BCUT2D eigenvalue weighted by Gasteiger charge is -2.16. The topological polar surface area (TPSA) is 43.1 Å². The van der Waals surface area contributed by atoms with Crippen LogP contribution in [0.4, 0.5) is 0 Å². The monoisotopic (exact) mass is 600 g/mol. The van der Waals surface area contributed by atoms with Crippen molar-refractivity contribution in [3.63, 3.8) is 0 Å². The zero-order valence-corrected chi connectivity index (χ0v) is 25.5. The average molecular weight is 601 g/mol. The summed E-state index contributed by atoms with van der Waals surface area (Å²) >= 11 is 0. The molecule has 0 spiro atoms. The SMILES string of the molecule is c1ccc(-c2nc(-c3ccccc3)c(-c3ccc(-c4cc5ccccc5n5c4nc4ccccc45)cc3)nc2-c2ccccc2)cc1. The highest BCUT2D eigenvalue weighted by atomic mass is 15.0. The minimum Gasteiger partial charge on any atom is -0.292 e. The van der Waals surface area contributed by atoms with Crippen molar-refractivity contribution in [1.29, 1.82) is 0 Å². The molecule has 9 rings (SSSR count). The Bertz CT molecular complexity index is 2540. The Morgan fingerprint density at radius 1 is 0.340 bits per heavy atom. The minimum atomic E-state index is 0.844. The molecule has 0 atom stereocenters. The number of benzene rings is 6. The van der Waals surface area contributed by atoms with Crippen molar-refractivity contribution < 1.29 is 0 Å². The van der Waals surface area contributed by atoms with Gasteiger partial charge in [0.25, 0.3) is 0 Å². The number of imidazole rings is 1. The summed E-state index contributed by atoms with van der Waals surface area (Å²) in [4.78, 5) is 15.9. The van der Waals surface area contributed by atoms with Gasteiger partial charge < -0.3 is 0 Å². The number of rotatable bonds is 5. The normalized spacial score (nSPS) is 11.4. The van der Waals surface area contributed by atoms with E-state index in [2.05, 4.69) is 138 Å². The number of fused-ring (bicyclic) bond motifs is 5. The fourth-order valence-electron chi connectivity index (χ4n) is 6.53. The van der Waals surface area contributed by atoms with Crippen LogP contribution >= 0.6 is 0 Å². The molecule has 0 saturated carbocycles. The number of aromatic nitrogens is 4. The molecular weight excluding hydrogens is 573 g/mol. The van der Waals surface area contributed by atoms with Gasteiger partial charge in [-0.2, -0.15) is 0 Å². The van der Waals surface area contributed by atoms with Crippen LogP contribution in [0, 0.1) is 0 Å². The van der Waals surface area contributed by atoms with E-state index in [0.717, 1.165) is 78.4 Å². The maximum absolute atomic E-state index is 5.41. The Hall–Kier alpha value is -6.39. The van der Waals surface area contributed by atoms with Gasteiger partial charge in [-0.1, -0.05) is 146 Å². The molecule has 0 amide bonds. The first-order valence-electron chi connectivity index (χ1n) is 15.8. The van der Waals surface area contributed by atoms with Crippen molar-refractivity contribution in [3.8, 4) is 56.2 Å². The van der Waals surface area contributed by atoms with E-state index in [0.29, 0.717) is 0 Å². The molecule has 47 heavy (non-hydrogen) atoms. The molecule has 4 nitrogen and oxygen atoms in total. The van der Waals surface area contributed by atoms with Gasteiger partial charge in [0.05, 0.1) is 39.3 Å². The van der Waals surface area contributed by atoms with Crippen molar-refractivity contribution in [3.05, 3.63) is 170 Å². The molecule has 6 aromatic carbocycles. The van der Waals surface area contributed by atoms with Gasteiger partial charge in [-0.3, -0.25) is 4.40 Å². The summed E-state index contributed by atoms with van der Waals surface area (Å²) in [5, 5.41) is 1.17. The van der Waals surface area contributed by atoms with Crippen molar-refractivity contribution in [2.75, 3.05) is 0 Å². The smallest absolute Gasteiger partial charge is 0.146 e. The van der Waals surface area contributed by atoms with E-state index in [1.165, 1.54) is 5.39 Å². The van der Waals surface area contributed by atoms with Crippen LogP contribution in [-0.2, 0) is 0 Å². The van der Waals surface area contributed by atoms with Gasteiger partial charge in [0.1, 0.15) is 5.65 Å². The Morgan fingerprint density at radius 2 is 0.766 bits per heavy atom.